The maximum absolute atomic E-state index is 10.3. The molecule has 100 valence electrons. The molecule has 0 atom stereocenters. The highest BCUT2D eigenvalue weighted by Gasteiger charge is 2.32. The molecule has 0 radical (unpaired) electrons. The summed E-state index contributed by atoms with van der Waals surface area (Å²) >= 11 is 0. The molecule has 0 aliphatic heterocycles. The highest BCUT2D eigenvalue weighted by Crippen LogP contribution is 2.32. The lowest BCUT2D eigenvalue weighted by molar-refractivity contribution is 0.00105. The Balaban J connectivity index is 2.10. The van der Waals surface area contributed by atoms with Crippen LogP contribution in [0.15, 0.2) is 18.2 Å². The van der Waals surface area contributed by atoms with Crippen LogP contribution in [0.2, 0.25) is 0 Å². The lowest BCUT2D eigenvalue weighted by atomic mass is 10.00. The third-order valence-electron chi connectivity index (χ3n) is 3.82. The normalized spacial score (nSPS) is 18.3. The van der Waals surface area contributed by atoms with Crippen LogP contribution in [0.3, 0.4) is 0 Å². The van der Waals surface area contributed by atoms with Crippen LogP contribution in [0.1, 0.15) is 56.6 Å². The first-order valence-electron chi connectivity index (χ1n) is 6.96. The Bertz CT molecular complexity index is 404. The van der Waals surface area contributed by atoms with Gasteiger partial charge >= 0.3 is 0 Å². The molecule has 0 bridgehead atoms. The van der Waals surface area contributed by atoms with Gasteiger partial charge < -0.3 is 9.84 Å². The van der Waals surface area contributed by atoms with Crippen LogP contribution in [0.4, 0.5) is 0 Å². The average molecular weight is 248 g/mol. The van der Waals surface area contributed by atoms with Gasteiger partial charge in [0.15, 0.2) is 0 Å². The van der Waals surface area contributed by atoms with Crippen LogP contribution in [0, 0.1) is 6.92 Å². The van der Waals surface area contributed by atoms with E-state index in [2.05, 4.69) is 39.0 Å². The van der Waals surface area contributed by atoms with E-state index in [0.717, 1.165) is 31.4 Å². The lowest BCUT2D eigenvalue weighted by Crippen LogP contribution is -2.32. The van der Waals surface area contributed by atoms with Crippen molar-refractivity contribution in [2.45, 2.75) is 58.0 Å². The van der Waals surface area contributed by atoms with Crippen molar-refractivity contribution in [3.05, 3.63) is 29.3 Å². The SMILES string of the molecule is Cc1ccc(C(C)C)c(OCC2(O)CCCC2)c1. The summed E-state index contributed by atoms with van der Waals surface area (Å²) < 4.78 is 5.92. The van der Waals surface area contributed by atoms with E-state index in [1.807, 2.05) is 0 Å². The molecule has 2 rings (SSSR count). The molecule has 1 aliphatic rings. The third-order valence-corrected chi connectivity index (χ3v) is 3.82. The first-order valence-corrected chi connectivity index (χ1v) is 6.96. The van der Waals surface area contributed by atoms with Crippen LogP contribution in [0.5, 0.6) is 5.75 Å². The number of aryl methyl sites for hydroxylation is 1. The third kappa shape index (κ3) is 3.05. The van der Waals surface area contributed by atoms with Gasteiger partial charge in [-0.25, -0.2) is 0 Å². The van der Waals surface area contributed by atoms with E-state index in [-0.39, 0.29) is 0 Å². The summed E-state index contributed by atoms with van der Waals surface area (Å²) in [6.07, 6.45) is 3.97. The Labute approximate surface area is 110 Å². The van der Waals surface area contributed by atoms with E-state index in [9.17, 15) is 5.11 Å². The molecule has 1 N–H and O–H groups in total. The smallest absolute Gasteiger partial charge is 0.123 e. The van der Waals surface area contributed by atoms with Crippen molar-refractivity contribution in [3.63, 3.8) is 0 Å². The zero-order chi connectivity index (χ0) is 13.2. The molecule has 2 nitrogen and oxygen atoms in total. The summed E-state index contributed by atoms with van der Waals surface area (Å²) in [5, 5.41) is 10.3. The molecule has 1 aromatic rings. The molecule has 2 heteroatoms. The van der Waals surface area contributed by atoms with Gasteiger partial charge in [0.25, 0.3) is 0 Å². The van der Waals surface area contributed by atoms with Gasteiger partial charge in [-0.05, 0) is 42.9 Å². The van der Waals surface area contributed by atoms with Gasteiger partial charge in [-0.2, -0.15) is 0 Å². The van der Waals surface area contributed by atoms with Crippen molar-refractivity contribution in [3.8, 4) is 5.75 Å². The minimum absolute atomic E-state index is 0.427. The van der Waals surface area contributed by atoms with Gasteiger partial charge in [-0.3, -0.25) is 0 Å². The van der Waals surface area contributed by atoms with Crippen molar-refractivity contribution >= 4 is 0 Å². The van der Waals surface area contributed by atoms with Crippen LogP contribution < -0.4 is 4.74 Å². The first-order chi connectivity index (χ1) is 8.50. The molecule has 0 aromatic heterocycles. The zero-order valence-electron chi connectivity index (χ0n) is 11.7. The number of ether oxygens (including phenoxy) is 1. The summed E-state index contributed by atoms with van der Waals surface area (Å²) in [4.78, 5) is 0. The second-order valence-electron chi connectivity index (χ2n) is 5.92. The predicted octanol–water partition coefficient (Wildman–Crippen LogP) is 3.80. The van der Waals surface area contributed by atoms with Gasteiger partial charge in [0.1, 0.15) is 12.4 Å². The van der Waals surface area contributed by atoms with Crippen molar-refractivity contribution in [2.75, 3.05) is 6.61 Å². The van der Waals surface area contributed by atoms with E-state index in [4.69, 9.17) is 4.74 Å². The Morgan fingerprint density at radius 1 is 1.28 bits per heavy atom. The van der Waals surface area contributed by atoms with Crippen LogP contribution >= 0.6 is 0 Å². The second-order valence-corrected chi connectivity index (χ2v) is 5.92. The summed E-state index contributed by atoms with van der Waals surface area (Å²) in [6, 6.07) is 6.33. The van der Waals surface area contributed by atoms with Crippen molar-refractivity contribution < 1.29 is 9.84 Å². The van der Waals surface area contributed by atoms with Crippen molar-refractivity contribution in [2.24, 2.45) is 0 Å². The van der Waals surface area contributed by atoms with Crippen LogP contribution in [0.25, 0.3) is 0 Å². The van der Waals surface area contributed by atoms with Gasteiger partial charge in [-0.1, -0.05) is 38.8 Å². The van der Waals surface area contributed by atoms with Crippen LogP contribution in [-0.2, 0) is 0 Å². The predicted molar refractivity (Wildman–Crippen MR) is 74.2 cm³/mol. The van der Waals surface area contributed by atoms with Gasteiger partial charge in [0, 0.05) is 0 Å². The monoisotopic (exact) mass is 248 g/mol. The largest absolute Gasteiger partial charge is 0.490 e. The zero-order valence-corrected chi connectivity index (χ0v) is 11.7. The topological polar surface area (TPSA) is 29.5 Å². The summed E-state index contributed by atoms with van der Waals surface area (Å²) in [6.45, 7) is 6.83. The Morgan fingerprint density at radius 2 is 1.94 bits per heavy atom. The van der Waals surface area contributed by atoms with E-state index in [1.165, 1.54) is 11.1 Å². The average Bonchev–Trinajstić information content (AvgIpc) is 2.74. The molecule has 0 heterocycles. The standard InChI is InChI=1S/C16H24O2/c1-12(2)14-7-6-13(3)10-15(14)18-11-16(17)8-4-5-9-16/h6-7,10,12,17H,4-5,8-9,11H2,1-3H3. The Hall–Kier alpha value is -1.02. The molecule has 18 heavy (non-hydrogen) atoms. The fourth-order valence-corrected chi connectivity index (χ4v) is 2.63. The molecule has 0 amide bonds. The highest BCUT2D eigenvalue weighted by molar-refractivity contribution is 5.39. The fraction of sp³-hybridized carbons (Fsp3) is 0.625. The number of hydrogen-bond donors (Lipinski definition) is 1. The fourth-order valence-electron chi connectivity index (χ4n) is 2.63. The van der Waals surface area contributed by atoms with E-state index in [0.29, 0.717) is 12.5 Å². The number of hydrogen-bond acceptors (Lipinski definition) is 2. The number of benzene rings is 1. The van der Waals surface area contributed by atoms with Crippen molar-refractivity contribution in [1.29, 1.82) is 0 Å². The minimum Gasteiger partial charge on any atom is -0.490 e. The molecule has 1 aromatic carbocycles. The molecule has 1 aliphatic carbocycles. The summed E-state index contributed by atoms with van der Waals surface area (Å²) in [5.41, 5.74) is 1.83. The van der Waals surface area contributed by atoms with E-state index < -0.39 is 5.60 Å². The molecule has 0 saturated heterocycles. The van der Waals surface area contributed by atoms with Crippen molar-refractivity contribution in [1.82, 2.24) is 0 Å². The molecular weight excluding hydrogens is 224 g/mol. The molecule has 1 fully saturated rings. The van der Waals surface area contributed by atoms with E-state index in [1.54, 1.807) is 0 Å². The van der Waals surface area contributed by atoms with Gasteiger partial charge in [0.2, 0.25) is 0 Å². The van der Waals surface area contributed by atoms with Crippen LogP contribution in [-0.4, -0.2) is 17.3 Å². The van der Waals surface area contributed by atoms with Gasteiger partial charge in [0.05, 0.1) is 5.60 Å². The number of aliphatic hydroxyl groups is 1. The maximum Gasteiger partial charge on any atom is 0.123 e. The van der Waals surface area contributed by atoms with Gasteiger partial charge in [-0.15, -0.1) is 0 Å². The summed E-state index contributed by atoms with van der Waals surface area (Å²) in [7, 11) is 0. The number of rotatable bonds is 4. The lowest BCUT2D eigenvalue weighted by Gasteiger charge is -2.24. The quantitative estimate of drug-likeness (QED) is 0.878. The molecular formula is C16H24O2. The van der Waals surface area contributed by atoms with E-state index >= 15 is 0 Å². The second kappa shape index (κ2) is 5.31. The first kappa shape index (κ1) is 13.4. The molecule has 0 unspecified atom stereocenters. The molecule has 0 spiro atoms. The minimum atomic E-state index is -0.599. The summed E-state index contributed by atoms with van der Waals surface area (Å²) in [5.74, 6) is 1.38. The highest BCUT2D eigenvalue weighted by atomic mass is 16.5. The Kier molecular flexibility index (Phi) is 3.96. The Morgan fingerprint density at radius 3 is 2.56 bits per heavy atom. The maximum atomic E-state index is 10.3. The molecule has 1 saturated carbocycles.